The fourth-order valence-electron chi connectivity index (χ4n) is 3.27. The van der Waals surface area contributed by atoms with Crippen LogP contribution in [-0.4, -0.2) is 48.5 Å². The van der Waals surface area contributed by atoms with Crippen molar-refractivity contribution in [1.82, 2.24) is 15.2 Å². The number of carbonyl (C=O) groups excluding carboxylic acids is 1. The number of pyridine rings is 1. The molecule has 0 spiro atoms. The van der Waals surface area contributed by atoms with Crippen molar-refractivity contribution in [2.75, 3.05) is 32.7 Å². The van der Waals surface area contributed by atoms with Gasteiger partial charge in [0.2, 0.25) is 5.91 Å². The van der Waals surface area contributed by atoms with E-state index in [1.807, 2.05) is 0 Å². The summed E-state index contributed by atoms with van der Waals surface area (Å²) in [4.78, 5) is 18.2. The fraction of sp³-hybridized carbons (Fsp3) is 0.364. The molecule has 0 aliphatic carbocycles. The highest BCUT2D eigenvalue weighted by Gasteiger charge is 2.21. The van der Waals surface area contributed by atoms with E-state index in [0.717, 1.165) is 25.9 Å². The molecule has 2 aromatic rings. The number of amides is 1. The number of hydrogen-bond donors (Lipinski definition) is 2. The SMILES string of the molecule is NCC(Oc1cncc(C#CCNC(=O)CN2CCCC2)c1)c1c(Cl)ccc(F)c1Cl. The molecule has 3 rings (SSSR count). The lowest BCUT2D eigenvalue weighted by Gasteiger charge is -2.20. The lowest BCUT2D eigenvalue weighted by atomic mass is 10.1. The van der Waals surface area contributed by atoms with Crippen LogP contribution in [0.25, 0.3) is 0 Å². The van der Waals surface area contributed by atoms with Crippen molar-refractivity contribution in [1.29, 1.82) is 0 Å². The van der Waals surface area contributed by atoms with Gasteiger partial charge in [0.25, 0.3) is 0 Å². The van der Waals surface area contributed by atoms with Crippen LogP contribution in [0.1, 0.15) is 30.1 Å². The van der Waals surface area contributed by atoms with Gasteiger partial charge in [-0.05, 0) is 44.1 Å². The maximum atomic E-state index is 13.9. The molecule has 164 valence electrons. The number of aromatic nitrogens is 1. The van der Waals surface area contributed by atoms with Crippen LogP contribution in [0, 0.1) is 17.7 Å². The molecule has 1 aromatic carbocycles. The molecule has 1 atom stereocenters. The molecule has 1 amide bonds. The Morgan fingerprint density at radius 3 is 2.84 bits per heavy atom. The van der Waals surface area contributed by atoms with Gasteiger partial charge in [-0.1, -0.05) is 35.0 Å². The minimum absolute atomic E-state index is 0.0296. The number of nitrogens with zero attached hydrogens (tertiary/aromatic N) is 2. The summed E-state index contributed by atoms with van der Waals surface area (Å²) in [6.07, 6.45) is 4.59. The van der Waals surface area contributed by atoms with Crippen molar-refractivity contribution < 1.29 is 13.9 Å². The lowest BCUT2D eigenvalue weighted by Crippen LogP contribution is -2.35. The van der Waals surface area contributed by atoms with Crippen LogP contribution >= 0.6 is 23.2 Å². The molecule has 1 fully saturated rings. The number of likely N-dealkylation sites (tertiary alicyclic amines) is 1. The summed E-state index contributed by atoms with van der Waals surface area (Å²) in [5.74, 6) is 5.57. The first-order valence-electron chi connectivity index (χ1n) is 9.91. The summed E-state index contributed by atoms with van der Waals surface area (Å²) in [6, 6.07) is 4.27. The number of ether oxygens (including phenoxy) is 1. The number of benzene rings is 1. The highest BCUT2D eigenvalue weighted by atomic mass is 35.5. The quantitative estimate of drug-likeness (QED) is 0.485. The van der Waals surface area contributed by atoms with E-state index in [1.54, 1.807) is 12.3 Å². The molecule has 1 aliphatic heterocycles. The highest BCUT2D eigenvalue weighted by Crippen LogP contribution is 2.34. The number of nitrogens with one attached hydrogen (secondary N) is 1. The van der Waals surface area contributed by atoms with E-state index in [9.17, 15) is 9.18 Å². The Morgan fingerprint density at radius 2 is 2.10 bits per heavy atom. The third-order valence-corrected chi connectivity index (χ3v) is 5.49. The van der Waals surface area contributed by atoms with Crippen LogP contribution in [0.2, 0.25) is 10.0 Å². The average Bonchev–Trinajstić information content (AvgIpc) is 3.26. The smallest absolute Gasteiger partial charge is 0.234 e. The number of rotatable bonds is 7. The zero-order valence-electron chi connectivity index (χ0n) is 16.8. The standard InChI is InChI=1S/C22H23Cl2FN4O2/c23-17-5-6-18(25)22(24)21(17)19(11-26)31-16-10-15(12-27-13-16)4-3-7-28-20(30)14-29-8-1-2-9-29/h5-6,10,12-13,19H,1-2,7-9,11,14,26H2,(H,28,30). The number of carbonyl (C=O) groups is 1. The topological polar surface area (TPSA) is 80.5 Å². The van der Waals surface area contributed by atoms with Gasteiger partial charge in [-0.3, -0.25) is 14.7 Å². The zero-order valence-corrected chi connectivity index (χ0v) is 18.3. The van der Waals surface area contributed by atoms with Crippen LogP contribution in [-0.2, 0) is 4.79 Å². The predicted molar refractivity (Wildman–Crippen MR) is 119 cm³/mol. The normalized spacial score (nSPS) is 14.6. The van der Waals surface area contributed by atoms with E-state index in [2.05, 4.69) is 27.0 Å². The lowest BCUT2D eigenvalue weighted by molar-refractivity contribution is -0.121. The summed E-state index contributed by atoms with van der Waals surface area (Å²) >= 11 is 12.2. The molecule has 1 aliphatic rings. The second-order valence-corrected chi connectivity index (χ2v) is 7.86. The second kappa shape index (κ2) is 11.3. The van der Waals surface area contributed by atoms with Gasteiger partial charge in [-0.2, -0.15) is 0 Å². The Bertz CT molecular complexity index is 987. The van der Waals surface area contributed by atoms with Gasteiger partial charge in [0.1, 0.15) is 17.7 Å². The van der Waals surface area contributed by atoms with Gasteiger partial charge in [0.05, 0.1) is 24.3 Å². The summed E-state index contributed by atoms with van der Waals surface area (Å²) in [5.41, 5.74) is 6.68. The third kappa shape index (κ3) is 6.55. The van der Waals surface area contributed by atoms with E-state index in [4.69, 9.17) is 33.7 Å². The van der Waals surface area contributed by atoms with Crippen molar-refractivity contribution in [3.05, 3.63) is 57.6 Å². The second-order valence-electron chi connectivity index (χ2n) is 7.07. The Kier molecular flexibility index (Phi) is 8.50. The molecule has 9 heteroatoms. The summed E-state index contributed by atoms with van der Waals surface area (Å²) in [7, 11) is 0. The fourth-order valence-corrected chi connectivity index (χ4v) is 3.88. The monoisotopic (exact) mass is 464 g/mol. The molecule has 3 N–H and O–H groups in total. The van der Waals surface area contributed by atoms with Crippen LogP contribution in [0.15, 0.2) is 30.6 Å². The first kappa shape index (κ1) is 23.3. The van der Waals surface area contributed by atoms with E-state index in [0.29, 0.717) is 17.9 Å². The molecule has 1 aromatic heterocycles. The molecule has 1 unspecified atom stereocenters. The predicted octanol–water partition coefficient (Wildman–Crippen LogP) is 3.17. The van der Waals surface area contributed by atoms with Gasteiger partial charge in [0.15, 0.2) is 0 Å². The molecule has 0 radical (unpaired) electrons. The van der Waals surface area contributed by atoms with E-state index in [1.165, 1.54) is 18.3 Å². The highest BCUT2D eigenvalue weighted by molar-refractivity contribution is 6.36. The minimum atomic E-state index is -0.759. The number of halogens is 3. The van der Waals surface area contributed by atoms with Crippen LogP contribution < -0.4 is 15.8 Å². The van der Waals surface area contributed by atoms with Crippen molar-refractivity contribution in [3.63, 3.8) is 0 Å². The molecule has 2 heterocycles. The summed E-state index contributed by atoms with van der Waals surface area (Å²) in [6.45, 7) is 2.60. The Hall–Kier alpha value is -2.37. The number of hydrogen-bond acceptors (Lipinski definition) is 5. The molecular formula is C22H23Cl2FN4O2. The van der Waals surface area contributed by atoms with E-state index >= 15 is 0 Å². The van der Waals surface area contributed by atoms with E-state index < -0.39 is 11.9 Å². The maximum Gasteiger partial charge on any atom is 0.234 e. The van der Waals surface area contributed by atoms with Crippen molar-refractivity contribution >= 4 is 29.1 Å². The van der Waals surface area contributed by atoms with Crippen molar-refractivity contribution in [2.24, 2.45) is 5.73 Å². The van der Waals surface area contributed by atoms with Gasteiger partial charge in [-0.25, -0.2) is 4.39 Å². The van der Waals surface area contributed by atoms with Gasteiger partial charge in [-0.15, -0.1) is 0 Å². The molecule has 0 bridgehead atoms. The third-order valence-electron chi connectivity index (χ3n) is 4.78. The van der Waals surface area contributed by atoms with Gasteiger partial charge in [0, 0.05) is 28.9 Å². The first-order chi connectivity index (χ1) is 15.0. The van der Waals surface area contributed by atoms with Crippen LogP contribution in [0.4, 0.5) is 4.39 Å². The first-order valence-corrected chi connectivity index (χ1v) is 10.7. The Morgan fingerprint density at radius 1 is 1.32 bits per heavy atom. The largest absolute Gasteiger partial charge is 0.483 e. The summed E-state index contributed by atoms with van der Waals surface area (Å²) < 4.78 is 19.7. The molecule has 0 saturated carbocycles. The van der Waals surface area contributed by atoms with Crippen molar-refractivity contribution in [2.45, 2.75) is 18.9 Å². The zero-order chi connectivity index (χ0) is 22.2. The molecule has 1 saturated heterocycles. The van der Waals surface area contributed by atoms with E-state index in [-0.39, 0.29) is 34.6 Å². The molecule has 31 heavy (non-hydrogen) atoms. The van der Waals surface area contributed by atoms with Gasteiger partial charge < -0.3 is 15.8 Å². The maximum absolute atomic E-state index is 13.9. The molecular weight excluding hydrogens is 442 g/mol. The summed E-state index contributed by atoms with van der Waals surface area (Å²) in [5, 5.41) is 2.92. The van der Waals surface area contributed by atoms with Crippen LogP contribution in [0.5, 0.6) is 5.75 Å². The van der Waals surface area contributed by atoms with Gasteiger partial charge >= 0.3 is 0 Å². The van der Waals surface area contributed by atoms with Crippen molar-refractivity contribution in [3.8, 4) is 17.6 Å². The number of nitrogens with two attached hydrogens (primary N) is 1. The average molecular weight is 465 g/mol. The molecule has 6 nitrogen and oxygen atoms in total. The Balaban J connectivity index is 1.60. The minimum Gasteiger partial charge on any atom is -0.483 e. The Labute approximate surface area is 190 Å². The van der Waals surface area contributed by atoms with Crippen LogP contribution in [0.3, 0.4) is 0 Å².